The van der Waals surface area contributed by atoms with Gasteiger partial charge in [-0.2, -0.15) is 0 Å². The van der Waals surface area contributed by atoms with Gasteiger partial charge < -0.3 is 15.3 Å². The van der Waals surface area contributed by atoms with Crippen molar-refractivity contribution in [3.63, 3.8) is 0 Å². The van der Waals surface area contributed by atoms with Crippen molar-refractivity contribution in [1.82, 2.24) is 4.90 Å². The van der Waals surface area contributed by atoms with Crippen molar-refractivity contribution in [2.75, 3.05) is 19.6 Å². The third-order valence-corrected chi connectivity index (χ3v) is 3.65. The highest BCUT2D eigenvalue weighted by atomic mass is 16.3. The molecule has 5 nitrogen and oxygen atoms in total. The lowest BCUT2D eigenvalue weighted by molar-refractivity contribution is 0.0294. The summed E-state index contributed by atoms with van der Waals surface area (Å²) in [6, 6.07) is 3.94. The Morgan fingerprint density at radius 1 is 1.42 bits per heavy atom. The smallest absolute Gasteiger partial charge is 0.180 e. The molecule has 0 bridgehead atoms. The molecule has 1 aromatic carbocycles. The average Bonchev–Trinajstić information content (AvgIpc) is 2.33. The minimum absolute atomic E-state index is 0.0729. The number of hydrogen-bond donors (Lipinski definition) is 3. The number of likely N-dealkylation sites (tertiary alicyclic amines) is 1. The Kier molecular flexibility index (Phi) is 4.07. The van der Waals surface area contributed by atoms with Crippen LogP contribution in [0.5, 0.6) is 11.5 Å². The largest absolute Gasteiger partial charge is 0.508 e. The Morgan fingerprint density at radius 2 is 2.16 bits per heavy atom. The highest BCUT2D eigenvalue weighted by molar-refractivity contribution is 6.00. The highest BCUT2D eigenvalue weighted by Gasteiger charge is 2.26. The van der Waals surface area contributed by atoms with E-state index in [1.807, 2.05) is 11.8 Å². The molecule has 0 aliphatic carbocycles. The number of rotatable bonds is 3. The Morgan fingerprint density at radius 3 is 2.79 bits per heavy atom. The van der Waals surface area contributed by atoms with Gasteiger partial charge in [-0.1, -0.05) is 6.92 Å². The van der Waals surface area contributed by atoms with E-state index in [4.69, 9.17) is 0 Å². The standard InChI is InChI=1S/C14H19NO4/c1-9-4-5-15(7-13(9)18)8-14(19)11-3-2-10(16)6-12(11)17/h2-3,6,9,13,16-18H,4-5,7-8H2,1H3. The molecule has 0 radical (unpaired) electrons. The molecule has 1 heterocycles. The number of hydrogen-bond acceptors (Lipinski definition) is 5. The summed E-state index contributed by atoms with van der Waals surface area (Å²) in [6.45, 7) is 3.41. The summed E-state index contributed by atoms with van der Waals surface area (Å²) in [7, 11) is 0. The number of aliphatic hydroxyl groups excluding tert-OH is 1. The molecule has 0 aromatic heterocycles. The van der Waals surface area contributed by atoms with Gasteiger partial charge >= 0.3 is 0 Å². The summed E-state index contributed by atoms with van der Waals surface area (Å²) in [4.78, 5) is 14.0. The molecule has 2 unspecified atom stereocenters. The van der Waals surface area contributed by atoms with E-state index in [1.165, 1.54) is 12.1 Å². The lowest BCUT2D eigenvalue weighted by atomic mass is 9.95. The first-order valence-electron chi connectivity index (χ1n) is 6.43. The second-order valence-corrected chi connectivity index (χ2v) is 5.19. The number of carbonyl (C=O) groups excluding carboxylic acids is 1. The molecule has 0 spiro atoms. The van der Waals surface area contributed by atoms with Gasteiger partial charge in [0.25, 0.3) is 0 Å². The third-order valence-electron chi connectivity index (χ3n) is 3.65. The Bertz CT molecular complexity index is 475. The predicted octanol–water partition coefficient (Wildman–Crippen LogP) is 0.983. The second-order valence-electron chi connectivity index (χ2n) is 5.19. The summed E-state index contributed by atoms with van der Waals surface area (Å²) in [6.07, 6.45) is 0.450. The van der Waals surface area contributed by atoms with E-state index < -0.39 is 6.10 Å². The number of ketones is 1. The van der Waals surface area contributed by atoms with Gasteiger partial charge in [0.15, 0.2) is 5.78 Å². The number of Topliss-reactive ketones (excluding diaryl/α,β-unsaturated/α-hetero) is 1. The van der Waals surface area contributed by atoms with Crippen LogP contribution in [-0.2, 0) is 0 Å². The van der Waals surface area contributed by atoms with Gasteiger partial charge in [0.2, 0.25) is 0 Å². The molecule has 0 saturated carbocycles. The maximum absolute atomic E-state index is 12.1. The minimum atomic E-state index is -0.407. The van der Waals surface area contributed by atoms with Crippen molar-refractivity contribution < 1.29 is 20.1 Å². The molecule has 3 N–H and O–H groups in total. The summed E-state index contributed by atoms with van der Waals surface area (Å²) in [5, 5.41) is 28.6. The Hall–Kier alpha value is -1.59. The maximum atomic E-state index is 12.1. The van der Waals surface area contributed by atoms with Crippen molar-refractivity contribution in [3.05, 3.63) is 23.8 Å². The SMILES string of the molecule is CC1CCN(CC(=O)c2ccc(O)cc2O)CC1O. The highest BCUT2D eigenvalue weighted by Crippen LogP contribution is 2.24. The fraction of sp³-hybridized carbons (Fsp3) is 0.500. The second kappa shape index (κ2) is 5.59. The summed E-state index contributed by atoms with van der Waals surface area (Å²) in [5.74, 6) is -0.236. The van der Waals surface area contributed by atoms with E-state index in [1.54, 1.807) is 0 Å². The van der Waals surface area contributed by atoms with Crippen molar-refractivity contribution in [2.45, 2.75) is 19.4 Å². The van der Waals surface area contributed by atoms with Crippen LogP contribution in [0.2, 0.25) is 0 Å². The molecule has 2 rings (SSSR count). The lowest BCUT2D eigenvalue weighted by Gasteiger charge is -2.33. The van der Waals surface area contributed by atoms with Gasteiger partial charge in [-0.05, 0) is 31.0 Å². The number of benzene rings is 1. The average molecular weight is 265 g/mol. The van der Waals surface area contributed by atoms with Crippen LogP contribution in [0.1, 0.15) is 23.7 Å². The van der Waals surface area contributed by atoms with Gasteiger partial charge in [0, 0.05) is 12.6 Å². The van der Waals surface area contributed by atoms with Crippen LogP contribution in [0.3, 0.4) is 0 Å². The third kappa shape index (κ3) is 3.24. The number of phenolic OH excluding ortho intramolecular Hbond substituents is 2. The van der Waals surface area contributed by atoms with E-state index in [-0.39, 0.29) is 35.3 Å². The topological polar surface area (TPSA) is 81.0 Å². The number of aliphatic hydroxyl groups is 1. The minimum Gasteiger partial charge on any atom is -0.508 e. The first kappa shape index (κ1) is 13.8. The van der Waals surface area contributed by atoms with E-state index in [9.17, 15) is 20.1 Å². The molecule has 2 atom stereocenters. The molecular weight excluding hydrogens is 246 g/mol. The molecule has 5 heteroatoms. The van der Waals surface area contributed by atoms with Crippen LogP contribution in [-0.4, -0.2) is 51.7 Å². The van der Waals surface area contributed by atoms with Crippen LogP contribution >= 0.6 is 0 Å². The maximum Gasteiger partial charge on any atom is 0.180 e. The van der Waals surface area contributed by atoms with Gasteiger partial charge in [-0.25, -0.2) is 0 Å². The Labute approximate surface area is 112 Å². The number of β-amino-alcohol motifs (C(OH)–C–C–N with tert-alkyl or cyclic N) is 1. The number of piperidine rings is 1. The zero-order chi connectivity index (χ0) is 14.0. The van der Waals surface area contributed by atoms with Crippen LogP contribution < -0.4 is 0 Å². The quantitative estimate of drug-likeness (QED) is 0.710. The van der Waals surface area contributed by atoms with Crippen molar-refractivity contribution in [3.8, 4) is 11.5 Å². The van der Waals surface area contributed by atoms with Gasteiger partial charge in [-0.15, -0.1) is 0 Å². The van der Waals surface area contributed by atoms with Crippen LogP contribution in [0.25, 0.3) is 0 Å². The van der Waals surface area contributed by atoms with Gasteiger partial charge in [0.1, 0.15) is 11.5 Å². The molecule has 104 valence electrons. The number of phenols is 2. The molecule has 1 saturated heterocycles. The monoisotopic (exact) mass is 265 g/mol. The van der Waals surface area contributed by atoms with Crippen molar-refractivity contribution in [2.24, 2.45) is 5.92 Å². The van der Waals surface area contributed by atoms with E-state index in [2.05, 4.69) is 0 Å². The molecule has 19 heavy (non-hydrogen) atoms. The molecule has 1 aliphatic heterocycles. The number of carbonyl (C=O) groups is 1. The van der Waals surface area contributed by atoms with E-state index in [0.29, 0.717) is 6.54 Å². The molecular formula is C14H19NO4. The normalized spacial score (nSPS) is 24.3. The van der Waals surface area contributed by atoms with Gasteiger partial charge in [-0.3, -0.25) is 9.69 Å². The van der Waals surface area contributed by atoms with Crippen LogP contribution in [0.15, 0.2) is 18.2 Å². The first-order valence-corrected chi connectivity index (χ1v) is 6.43. The molecule has 1 fully saturated rings. The zero-order valence-corrected chi connectivity index (χ0v) is 10.9. The first-order chi connectivity index (χ1) is 8.97. The fourth-order valence-electron chi connectivity index (χ4n) is 2.30. The van der Waals surface area contributed by atoms with E-state index >= 15 is 0 Å². The van der Waals surface area contributed by atoms with E-state index in [0.717, 1.165) is 19.0 Å². The molecule has 1 aliphatic rings. The van der Waals surface area contributed by atoms with Crippen molar-refractivity contribution in [1.29, 1.82) is 0 Å². The summed E-state index contributed by atoms with van der Waals surface area (Å²) in [5.41, 5.74) is 0.200. The van der Waals surface area contributed by atoms with Crippen LogP contribution in [0, 0.1) is 5.92 Å². The molecule has 0 amide bonds. The van der Waals surface area contributed by atoms with Crippen LogP contribution in [0.4, 0.5) is 0 Å². The fourth-order valence-corrected chi connectivity index (χ4v) is 2.30. The lowest BCUT2D eigenvalue weighted by Crippen LogP contribution is -2.44. The van der Waals surface area contributed by atoms with Crippen molar-refractivity contribution >= 4 is 5.78 Å². The number of nitrogens with zero attached hydrogens (tertiary/aromatic N) is 1. The number of aromatic hydroxyl groups is 2. The summed E-state index contributed by atoms with van der Waals surface area (Å²) >= 11 is 0. The predicted molar refractivity (Wildman–Crippen MR) is 70.3 cm³/mol. The molecule has 1 aromatic rings. The summed E-state index contributed by atoms with van der Waals surface area (Å²) < 4.78 is 0. The Balaban J connectivity index is 2.01. The zero-order valence-electron chi connectivity index (χ0n) is 10.9. The van der Waals surface area contributed by atoms with Gasteiger partial charge in [0.05, 0.1) is 18.2 Å².